The molecule has 0 aromatic carbocycles. The number of pyridine rings is 1. The van der Waals surface area contributed by atoms with E-state index in [2.05, 4.69) is 53.5 Å². The van der Waals surface area contributed by atoms with E-state index in [9.17, 15) is 4.79 Å². The average molecular weight is 327 g/mol. The third kappa shape index (κ3) is 3.82. The molecule has 0 spiro atoms. The summed E-state index contributed by atoms with van der Waals surface area (Å²) in [6.45, 7) is 8.69. The summed E-state index contributed by atoms with van der Waals surface area (Å²) in [7, 11) is 0. The number of hydrogen-bond donors (Lipinski definition) is 3. The second-order valence-electron chi connectivity index (χ2n) is 7.89. The van der Waals surface area contributed by atoms with Crippen LogP contribution in [-0.2, 0) is 0 Å². The zero-order chi connectivity index (χ0) is 17.4. The molecule has 3 heterocycles. The summed E-state index contributed by atoms with van der Waals surface area (Å²) in [5.74, 6) is -0.118. The first-order chi connectivity index (χ1) is 11.2. The van der Waals surface area contributed by atoms with Gasteiger partial charge in [-0.05, 0) is 46.6 Å². The molecule has 1 aliphatic rings. The minimum Gasteiger partial charge on any atom is -0.348 e. The maximum atomic E-state index is 12.5. The van der Waals surface area contributed by atoms with Gasteiger partial charge in [0, 0.05) is 40.6 Å². The molecule has 2 aromatic heterocycles. The smallest absolute Gasteiger partial charge is 0.270 e. The third-order valence-corrected chi connectivity index (χ3v) is 4.35. The summed E-state index contributed by atoms with van der Waals surface area (Å²) in [6, 6.07) is 3.79. The number of aromatic amines is 1. The molecular weight excluding hydrogens is 302 g/mol. The maximum absolute atomic E-state index is 12.5. The third-order valence-electron chi connectivity index (χ3n) is 4.35. The highest BCUT2D eigenvalue weighted by molar-refractivity contribution is 5.92. The van der Waals surface area contributed by atoms with Crippen molar-refractivity contribution in [1.29, 1.82) is 0 Å². The van der Waals surface area contributed by atoms with Crippen LogP contribution in [-0.4, -0.2) is 38.2 Å². The molecule has 1 saturated heterocycles. The van der Waals surface area contributed by atoms with E-state index in [0.29, 0.717) is 5.69 Å². The topological polar surface area (TPSA) is 82.7 Å². The largest absolute Gasteiger partial charge is 0.348 e. The van der Waals surface area contributed by atoms with Crippen molar-refractivity contribution in [1.82, 2.24) is 25.8 Å². The van der Waals surface area contributed by atoms with Crippen molar-refractivity contribution in [2.45, 2.75) is 57.7 Å². The Labute approximate surface area is 142 Å². The molecule has 3 N–H and O–H groups in total. The number of carbonyl (C=O) groups excluding carboxylic acids is 1. The van der Waals surface area contributed by atoms with Crippen LogP contribution in [0.5, 0.6) is 0 Å². The number of hydrogen-bond acceptors (Lipinski definition) is 4. The van der Waals surface area contributed by atoms with Crippen LogP contribution in [0, 0.1) is 0 Å². The van der Waals surface area contributed by atoms with Crippen LogP contribution in [0.3, 0.4) is 0 Å². The summed E-state index contributed by atoms with van der Waals surface area (Å²) in [5, 5.41) is 13.5. The van der Waals surface area contributed by atoms with Gasteiger partial charge >= 0.3 is 0 Å². The van der Waals surface area contributed by atoms with E-state index < -0.39 is 0 Å². The molecule has 1 fully saturated rings. The van der Waals surface area contributed by atoms with E-state index in [1.165, 1.54) is 0 Å². The van der Waals surface area contributed by atoms with Gasteiger partial charge in [-0.25, -0.2) is 0 Å². The molecule has 3 rings (SSSR count). The van der Waals surface area contributed by atoms with Gasteiger partial charge in [0.15, 0.2) is 0 Å². The molecule has 1 aliphatic heterocycles. The van der Waals surface area contributed by atoms with Gasteiger partial charge in [-0.15, -0.1) is 0 Å². The predicted molar refractivity (Wildman–Crippen MR) is 93.6 cm³/mol. The fraction of sp³-hybridized carbons (Fsp3) is 0.500. The lowest BCUT2D eigenvalue weighted by Crippen LogP contribution is -2.62. The fourth-order valence-corrected chi connectivity index (χ4v) is 3.79. The lowest BCUT2D eigenvalue weighted by molar-refractivity contribution is 0.0868. The van der Waals surface area contributed by atoms with Gasteiger partial charge in [-0.3, -0.25) is 14.9 Å². The second-order valence-corrected chi connectivity index (χ2v) is 7.89. The van der Waals surface area contributed by atoms with Crippen molar-refractivity contribution >= 4 is 5.91 Å². The summed E-state index contributed by atoms with van der Waals surface area (Å²) in [6.07, 6.45) is 7.03. The van der Waals surface area contributed by atoms with E-state index in [-0.39, 0.29) is 23.0 Å². The van der Waals surface area contributed by atoms with Gasteiger partial charge in [0.1, 0.15) is 5.69 Å². The monoisotopic (exact) mass is 327 g/mol. The maximum Gasteiger partial charge on any atom is 0.270 e. The van der Waals surface area contributed by atoms with Gasteiger partial charge in [0.05, 0.1) is 6.20 Å². The van der Waals surface area contributed by atoms with Crippen LogP contribution in [0.4, 0.5) is 0 Å². The molecule has 24 heavy (non-hydrogen) atoms. The van der Waals surface area contributed by atoms with E-state index in [1.54, 1.807) is 24.7 Å². The predicted octanol–water partition coefficient (Wildman–Crippen LogP) is 2.51. The van der Waals surface area contributed by atoms with Gasteiger partial charge in [-0.2, -0.15) is 5.10 Å². The minimum atomic E-state index is -0.118. The number of nitrogens with zero attached hydrogens (tertiary/aromatic N) is 2. The lowest BCUT2D eigenvalue weighted by atomic mass is 9.79. The number of nitrogens with one attached hydrogen (secondary N) is 3. The Balaban J connectivity index is 1.68. The minimum absolute atomic E-state index is 0.00172. The van der Waals surface area contributed by atoms with Crippen molar-refractivity contribution < 1.29 is 4.79 Å². The van der Waals surface area contributed by atoms with Crippen LogP contribution in [0.25, 0.3) is 11.1 Å². The van der Waals surface area contributed by atoms with Crippen molar-refractivity contribution in [3.63, 3.8) is 0 Å². The van der Waals surface area contributed by atoms with Crippen molar-refractivity contribution in [2.75, 3.05) is 0 Å². The Bertz CT molecular complexity index is 688. The number of piperidine rings is 1. The summed E-state index contributed by atoms with van der Waals surface area (Å²) in [4.78, 5) is 16.8. The molecule has 0 atom stereocenters. The van der Waals surface area contributed by atoms with Crippen LogP contribution in [0.15, 0.2) is 30.7 Å². The van der Waals surface area contributed by atoms with E-state index >= 15 is 0 Å². The normalized spacial score (nSPS) is 19.8. The number of H-pyrrole nitrogens is 1. The number of carbonyl (C=O) groups is 1. The van der Waals surface area contributed by atoms with Gasteiger partial charge < -0.3 is 10.6 Å². The van der Waals surface area contributed by atoms with E-state index in [0.717, 1.165) is 24.0 Å². The van der Waals surface area contributed by atoms with E-state index in [1.807, 2.05) is 6.07 Å². The van der Waals surface area contributed by atoms with E-state index in [4.69, 9.17) is 0 Å². The molecule has 128 valence electrons. The Morgan fingerprint density at radius 2 is 1.83 bits per heavy atom. The van der Waals surface area contributed by atoms with Crippen molar-refractivity contribution in [3.8, 4) is 11.1 Å². The molecule has 0 aliphatic carbocycles. The molecule has 2 aromatic rings. The molecule has 0 saturated carbocycles. The molecule has 0 radical (unpaired) electrons. The Morgan fingerprint density at radius 3 is 2.38 bits per heavy atom. The lowest BCUT2D eigenvalue weighted by Gasteiger charge is -2.46. The zero-order valence-corrected chi connectivity index (χ0v) is 14.7. The number of aromatic nitrogens is 3. The first-order valence-corrected chi connectivity index (χ1v) is 8.30. The molecular formula is C18H25N5O. The quantitative estimate of drug-likeness (QED) is 0.809. The zero-order valence-electron chi connectivity index (χ0n) is 14.7. The first kappa shape index (κ1) is 16.6. The summed E-state index contributed by atoms with van der Waals surface area (Å²) >= 11 is 0. The first-order valence-electron chi connectivity index (χ1n) is 8.30. The van der Waals surface area contributed by atoms with Crippen LogP contribution >= 0.6 is 0 Å². The molecule has 6 nitrogen and oxygen atoms in total. The average Bonchev–Trinajstić information content (AvgIpc) is 2.98. The molecule has 0 unspecified atom stereocenters. The van der Waals surface area contributed by atoms with Crippen LogP contribution in [0.1, 0.15) is 51.0 Å². The molecule has 0 bridgehead atoms. The Morgan fingerprint density at radius 1 is 1.12 bits per heavy atom. The highest BCUT2D eigenvalue weighted by atomic mass is 16.1. The Hall–Kier alpha value is -2.21. The van der Waals surface area contributed by atoms with Crippen molar-refractivity contribution in [3.05, 3.63) is 36.4 Å². The summed E-state index contributed by atoms with van der Waals surface area (Å²) < 4.78 is 0. The van der Waals surface area contributed by atoms with Gasteiger partial charge in [0.25, 0.3) is 5.91 Å². The summed E-state index contributed by atoms with van der Waals surface area (Å²) in [5.41, 5.74) is 2.33. The molecule has 6 heteroatoms. The highest BCUT2D eigenvalue weighted by Crippen LogP contribution is 2.28. The number of amides is 1. The van der Waals surface area contributed by atoms with Crippen molar-refractivity contribution in [2.24, 2.45) is 0 Å². The second kappa shape index (κ2) is 6.02. The molecule has 1 amide bonds. The SMILES string of the molecule is CC1(C)CC(NC(=O)c2ccc(-c3cn[nH]c3)cn2)CC(C)(C)N1. The van der Waals surface area contributed by atoms with Gasteiger partial charge in [0.2, 0.25) is 0 Å². The fourth-order valence-electron chi connectivity index (χ4n) is 3.79. The van der Waals surface area contributed by atoms with Crippen LogP contribution < -0.4 is 10.6 Å². The van der Waals surface area contributed by atoms with Gasteiger partial charge in [-0.1, -0.05) is 6.07 Å². The standard InChI is InChI=1S/C18H25N5O/c1-17(2)7-14(8-18(3,4)23-17)22-16(24)15-6-5-12(9-19-15)13-10-20-21-11-13/h5-6,9-11,14,23H,7-8H2,1-4H3,(H,20,21)(H,22,24). The highest BCUT2D eigenvalue weighted by Gasteiger charge is 2.38. The Kier molecular flexibility index (Phi) is 4.17. The number of rotatable bonds is 3. The van der Waals surface area contributed by atoms with Crippen LogP contribution in [0.2, 0.25) is 0 Å².